The van der Waals surface area contributed by atoms with Crippen LogP contribution in [0.2, 0.25) is 0 Å². The molecule has 1 atom stereocenters. The van der Waals surface area contributed by atoms with E-state index in [1.165, 1.54) is 5.39 Å². The van der Waals surface area contributed by atoms with Crippen LogP contribution in [0.3, 0.4) is 0 Å². The van der Waals surface area contributed by atoms with Crippen molar-refractivity contribution in [2.75, 3.05) is 5.75 Å². The van der Waals surface area contributed by atoms with E-state index in [-0.39, 0.29) is 12.1 Å². The van der Waals surface area contributed by atoms with Gasteiger partial charge in [0, 0.05) is 11.0 Å². The van der Waals surface area contributed by atoms with Crippen LogP contribution in [-0.4, -0.2) is 21.8 Å². The van der Waals surface area contributed by atoms with Gasteiger partial charge in [-0.2, -0.15) is 0 Å². The van der Waals surface area contributed by atoms with E-state index in [0.717, 1.165) is 33.7 Å². The van der Waals surface area contributed by atoms with Crippen molar-refractivity contribution in [3.05, 3.63) is 82.9 Å². The summed E-state index contributed by atoms with van der Waals surface area (Å²) >= 11 is 1.56. The molecule has 5 nitrogen and oxygen atoms in total. The summed E-state index contributed by atoms with van der Waals surface area (Å²) in [6.07, 6.45) is 0.630. The second-order valence-corrected chi connectivity index (χ2v) is 8.11. The van der Waals surface area contributed by atoms with E-state index in [9.17, 15) is 4.79 Å². The predicted molar refractivity (Wildman–Crippen MR) is 117 cm³/mol. The lowest BCUT2D eigenvalue weighted by atomic mass is 10.0. The number of carbonyl (C=O) groups excluding carboxylic acids is 1. The molecule has 6 heteroatoms. The van der Waals surface area contributed by atoms with Gasteiger partial charge in [-0.15, -0.1) is 5.10 Å². The van der Waals surface area contributed by atoms with Crippen LogP contribution in [0.1, 0.15) is 25.1 Å². The van der Waals surface area contributed by atoms with Crippen molar-refractivity contribution in [1.82, 2.24) is 10.3 Å². The van der Waals surface area contributed by atoms with Crippen molar-refractivity contribution in [2.24, 2.45) is 10.1 Å². The number of rotatable bonds is 3. The average molecular weight is 401 g/mol. The lowest BCUT2D eigenvalue weighted by Gasteiger charge is -2.34. The second kappa shape index (κ2) is 7.37. The molecular formula is C23H20N4OS. The SMILES string of the molecule is CCCSC1=NN2C(=c3ccccc3=N[C@@H]2c2ccc3ccccc3c2)C(=O)N1. The summed E-state index contributed by atoms with van der Waals surface area (Å²) in [5.41, 5.74) is 1.56. The van der Waals surface area contributed by atoms with Crippen LogP contribution >= 0.6 is 11.8 Å². The van der Waals surface area contributed by atoms with Gasteiger partial charge in [0.2, 0.25) is 0 Å². The van der Waals surface area contributed by atoms with Crippen molar-refractivity contribution in [2.45, 2.75) is 19.5 Å². The number of carbonyl (C=O) groups is 1. The second-order valence-electron chi connectivity index (χ2n) is 7.03. The molecule has 2 aliphatic heterocycles. The maximum absolute atomic E-state index is 13.0. The Balaban J connectivity index is 1.70. The Morgan fingerprint density at radius 2 is 1.83 bits per heavy atom. The Morgan fingerprint density at radius 3 is 2.69 bits per heavy atom. The molecule has 0 saturated carbocycles. The number of amidine groups is 1. The summed E-state index contributed by atoms with van der Waals surface area (Å²) in [5.74, 6) is 0.767. The molecule has 0 radical (unpaired) electrons. The van der Waals surface area contributed by atoms with Gasteiger partial charge in [-0.25, -0.2) is 5.01 Å². The number of fused-ring (bicyclic) bond motifs is 3. The van der Waals surface area contributed by atoms with E-state index in [1.54, 1.807) is 16.8 Å². The molecular weight excluding hydrogens is 380 g/mol. The first-order valence-corrected chi connectivity index (χ1v) is 10.7. The molecule has 0 unspecified atom stereocenters. The van der Waals surface area contributed by atoms with Gasteiger partial charge in [-0.3, -0.25) is 15.1 Å². The third-order valence-electron chi connectivity index (χ3n) is 5.03. The molecule has 3 aromatic rings. The molecule has 3 aromatic carbocycles. The quantitative estimate of drug-likeness (QED) is 0.735. The number of para-hydroxylation sites is 1. The van der Waals surface area contributed by atoms with E-state index in [1.807, 2.05) is 36.4 Å². The Bertz CT molecular complexity index is 1270. The Morgan fingerprint density at radius 1 is 1.03 bits per heavy atom. The first-order valence-electron chi connectivity index (χ1n) is 9.72. The molecule has 0 fully saturated rings. The number of hydrogen-bond donors (Lipinski definition) is 1. The van der Waals surface area contributed by atoms with Gasteiger partial charge in [0.05, 0.1) is 5.36 Å². The normalized spacial score (nSPS) is 17.9. The first kappa shape index (κ1) is 17.9. The van der Waals surface area contributed by atoms with Crippen molar-refractivity contribution in [1.29, 1.82) is 0 Å². The van der Waals surface area contributed by atoms with Crippen LogP contribution in [0.5, 0.6) is 0 Å². The molecule has 0 aliphatic carbocycles. The zero-order valence-corrected chi connectivity index (χ0v) is 16.8. The van der Waals surface area contributed by atoms with Crippen LogP contribution < -0.4 is 15.9 Å². The molecule has 5 rings (SSSR count). The van der Waals surface area contributed by atoms with Gasteiger partial charge in [0.15, 0.2) is 11.3 Å². The molecule has 0 bridgehead atoms. The minimum absolute atomic E-state index is 0.133. The molecule has 0 saturated heterocycles. The van der Waals surface area contributed by atoms with E-state index in [0.29, 0.717) is 10.9 Å². The summed E-state index contributed by atoms with van der Waals surface area (Å²) in [6, 6.07) is 22.3. The van der Waals surface area contributed by atoms with E-state index in [4.69, 9.17) is 10.1 Å². The Labute approximate surface area is 172 Å². The summed E-state index contributed by atoms with van der Waals surface area (Å²) in [4.78, 5) is 18.0. The van der Waals surface area contributed by atoms with E-state index in [2.05, 4.69) is 42.6 Å². The third kappa shape index (κ3) is 3.19. The van der Waals surface area contributed by atoms with Crippen molar-refractivity contribution in [3.8, 4) is 0 Å². The van der Waals surface area contributed by atoms with E-state index < -0.39 is 0 Å². The number of nitrogens with one attached hydrogen (secondary N) is 1. The van der Waals surface area contributed by atoms with Gasteiger partial charge in [-0.05, 0) is 34.9 Å². The fourth-order valence-electron chi connectivity index (χ4n) is 3.68. The molecule has 29 heavy (non-hydrogen) atoms. The summed E-state index contributed by atoms with van der Waals surface area (Å²) in [5, 5.41) is 14.1. The highest BCUT2D eigenvalue weighted by Gasteiger charge is 2.34. The van der Waals surface area contributed by atoms with Gasteiger partial charge < -0.3 is 0 Å². The smallest absolute Gasteiger partial charge is 0.276 e. The van der Waals surface area contributed by atoms with E-state index >= 15 is 0 Å². The summed E-state index contributed by atoms with van der Waals surface area (Å²) in [6.45, 7) is 2.11. The molecule has 144 valence electrons. The molecule has 0 aromatic heterocycles. The van der Waals surface area contributed by atoms with Crippen LogP contribution in [0, 0.1) is 0 Å². The Hall–Kier alpha value is -3.12. The largest absolute Gasteiger partial charge is 0.298 e. The summed E-state index contributed by atoms with van der Waals surface area (Å²) in [7, 11) is 0. The highest BCUT2D eigenvalue weighted by Crippen LogP contribution is 2.32. The van der Waals surface area contributed by atoms with Gasteiger partial charge in [0.1, 0.15) is 5.70 Å². The highest BCUT2D eigenvalue weighted by molar-refractivity contribution is 8.13. The molecule has 2 aliphatic rings. The molecule has 1 N–H and O–H groups in total. The number of benzene rings is 3. The minimum atomic E-state index is -0.382. The molecule has 1 amide bonds. The topological polar surface area (TPSA) is 57.1 Å². The predicted octanol–water partition coefficient (Wildman–Crippen LogP) is 3.13. The van der Waals surface area contributed by atoms with Crippen molar-refractivity contribution in [3.63, 3.8) is 0 Å². The number of hydrazone groups is 1. The third-order valence-corrected chi connectivity index (χ3v) is 6.10. The fourth-order valence-corrected chi connectivity index (χ4v) is 4.38. The standard InChI is InChI=1S/C23H20N4OS/c1-2-13-29-23-25-22(28)20-18-9-5-6-10-19(18)24-21(27(20)26-23)17-12-11-15-7-3-4-8-16(15)14-17/h3-12,14,21H,2,13H2,1H3,(H,25,26,28)/t21-/m0/s1. The highest BCUT2D eigenvalue weighted by atomic mass is 32.2. The van der Waals surface area contributed by atoms with Gasteiger partial charge in [0.25, 0.3) is 5.91 Å². The number of amides is 1. The zero-order chi connectivity index (χ0) is 19.8. The molecule has 0 spiro atoms. The van der Waals surface area contributed by atoms with Crippen LogP contribution in [-0.2, 0) is 4.79 Å². The number of thioether (sulfide) groups is 1. The lowest BCUT2D eigenvalue weighted by molar-refractivity contribution is -0.116. The van der Waals surface area contributed by atoms with Gasteiger partial charge >= 0.3 is 0 Å². The maximum atomic E-state index is 13.0. The molecule has 2 heterocycles. The summed E-state index contributed by atoms with van der Waals surface area (Å²) < 4.78 is 0. The van der Waals surface area contributed by atoms with Crippen LogP contribution in [0.4, 0.5) is 0 Å². The van der Waals surface area contributed by atoms with Crippen molar-refractivity contribution < 1.29 is 4.79 Å². The van der Waals surface area contributed by atoms with Crippen LogP contribution in [0.25, 0.3) is 16.5 Å². The minimum Gasteiger partial charge on any atom is -0.298 e. The van der Waals surface area contributed by atoms with Gasteiger partial charge in [-0.1, -0.05) is 73.3 Å². The average Bonchev–Trinajstić information content (AvgIpc) is 2.76. The number of hydrogen-bond acceptors (Lipinski definition) is 5. The maximum Gasteiger partial charge on any atom is 0.276 e. The van der Waals surface area contributed by atoms with Crippen molar-refractivity contribution >= 4 is 39.3 Å². The van der Waals surface area contributed by atoms with Crippen LogP contribution in [0.15, 0.2) is 76.8 Å². The number of nitrogens with zero attached hydrogens (tertiary/aromatic N) is 3. The lowest BCUT2D eigenvalue weighted by Crippen LogP contribution is -2.50. The monoisotopic (exact) mass is 400 g/mol. The zero-order valence-electron chi connectivity index (χ0n) is 16.0. The first-order chi connectivity index (χ1) is 14.2. The Kier molecular flexibility index (Phi) is 4.56. The fraction of sp³-hybridized carbons (Fsp3) is 0.174.